The molecule has 0 unspecified atom stereocenters. The first kappa shape index (κ1) is 29.9. The van der Waals surface area contributed by atoms with Crippen molar-refractivity contribution in [1.29, 1.82) is 21.0 Å². The molecule has 0 atom stereocenters. The van der Waals surface area contributed by atoms with E-state index in [2.05, 4.69) is 0 Å². The van der Waals surface area contributed by atoms with Crippen molar-refractivity contribution < 1.29 is 20.4 Å². The molecule has 0 radical (unpaired) electrons. The summed E-state index contributed by atoms with van der Waals surface area (Å²) in [5, 5.41) is 29.3. The summed E-state index contributed by atoms with van der Waals surface area (Å²) >= 11 is 0. The predicted octanol–water partition coefficient (Wildman–Crippen LogP) is 2.12. The Morgan fingerprint density at radius 1 is 0.538 bits per heavy atom. The number of hydrogen-bond donors (Lipinski definition) is 0. The van der Waals surface area contributed by atoms with Crippen molar-refractivity contribution in [2.75, 3.05) is 0 Å². The van der Waals surface area contributed by atoms with Crippen molar-refractivity contribution in [3.05, 3.63) is 0 Å². The number of nitriles is 4. The van der Waals surface area contributed by atoms with Gasteiger partial charge in [0, 0.05) is 27.7 Å². The van der Waals surface area contributed by atoms with E-state index in [4.69, 9.17) is 21.0 Å². The van der Waals surface area contributed by atoms with Gasteiger partial charge in [-0.1, -0.05) is 0 Å². The molecule has 0 aromatic rings. The van der Waals surface area contributed by atoms with Crippen LogP contribution in [0.25, 0.3) is 0 Å². The van der Waals surface area contributed by atoms with Gasteiger partial charge in [0.25, 0.3) is 0 Å². The van der Waals surface area contributed by atoms with E-state index in [-0.39, 0.29) is 20.4 Å². The van der Waals surface area contributed by atoms with E-state index in [1.165, 1.54) is 27.7 Å². The van der Waals surface area contributed by atoms with E-state index in [1.807, 2.05) is 0 Å². The molecule has 0 fully saturated rings. The van der Waals surface area contributed by atoms with Crippen LogP contribution in [0.1, 0.15) is 27.7 Å². The van der Waals surface area contributed by atoms with Gasteiger partial charge in [-0.2, -0.15) is 21.0 Å². The summed E-state index contributed by atoms with van der Waals surface area (Å²) in [7, 11) is 0. The zero-order valence-electron chi connectivity index (χ0n) is 8.11. The van der Waals surface area contributed by atoms with Gasteiger partial charge in [-0.25, -0.2) is 0 Å². The molecular weight excluding hydrogens is 259 g/mol. The Kier molecular flexibility index (Phi) is 329. The van der Waals surface area contributed by atoms with Gasteiger partial charge >= 0.3 is 20.4 Å². The summed E-state index contributed by atoms with van der Waals surface area (Å²) in [4.78, 5) is 0. The summed E-state index contributed by atoms with van der Waals surface area (Å²) in [6.45, 7) is 5.72. The summed E-state index contributed by atoms with van der Waals surface area (Å²) in [6.07, 6.45) is 0. The molecule has 0 amide bonds. The van der Waals surface area contributed by atoms with Gasteiger partial charge in [0.1, 0.15) is 0 Å². The second kappa shape index (κ2) is 143. The van der Waals surface area contributed by atoms with Gasteiger partial charge in [0.2, 0.25) is 0 Å². The standard InChI is InChI=1S/4C2H3N.Pd/c4*1-2-3;/h4*1H3;/q;;;;+2. The smallest absolute Gasteiger partial charge is 0.199 e. The summed E-state index contributed by atoms with van der Waals surface area (Å²) < 4.78 is 0. The summed E-state index contributed by atoms with van der Waals surface area (Å²) in [5.74, 6) is 0. The average molecular weight is 271 g/mol. The topological polar surface area (TPSA) is 95.2 Å². The van der Waals surface area contributed by atoms with E-state index in [1.54, 1.807) is 24.3 Å². The van der Waals surface area contributed by atoms with Crippen LogP contribution in [-0.2, 0) is 20.4 Å². The molecule has 0 rings (SSSR count). The first-order chi connectivity index (χ1) is 5.66. The van der Waals surface area contributed by atoms with Gasteiger partial charge in [-0.05, 0) is 0 Å². The fourth-order valence-corrected chi connectivity index (χ4v) is 0. The van der Waals surface area contributed by atoms with E-state index in [0.717, 1.165) is 0 Å². The third-order valence-corrected chi connectivity index (χ3v) is 0. The molecule has 0 aliphatic carbocycles. The normalized spacial score (nSPS) is 2.46. The zero-order valence-corrected chi connectivity index (χ0v) is 9.66. The molecule has 72 valence electrons. The number of nitrogens with zero attached hydrogens (tertiary/aromatic N) is 4. The Hall–Kier alpha value is -1.38. The SMILES string of the molecule is CC#N.CC#N.CC#N.CC#N.[Pd+2]. The maximum atomic E-state index is 7.32. The van der Waals surface area contributed by atoms with Gasteiger partial charge in [-0.3, -0.25) is 0 Å². The molecule has 0 N–H and O–H groups in total. The quantitative estimate of drug-likeness (QED) is 0.630. The molecule has 0 bridgehead atoms. The van der Waals surface area contributed by atoms with Crippen LogP contribution in [0, 0.1) is 45.3 Å². The van der Waals surface area contributed by atoms with E-state index >= 15 is 0 Å². The second-order valence-corrected chi connectivity index (χ2v) is 0.894. The maximum absolute atomic E-state index is 7.32. The molecule has 13 heavy (non-hydrogen) atoms. The molecular formula is C8H12N4Pd+2. The van der Waals surface area contributed by atoms with E-state index < -0.39 is 0 Å². The summed E-state index contributed by atoms with van der Waals surface area (Å²) in [6, 6.07) is 7.00. The molecule has 5 heteroatoms. The predicted molar refractivity (Wildman–Crippen MR) is 45.1 cm³/mol. The van der Waals surface area contributed by atoms with Crippen molar-refractivity contribution in [2.45, 2.75) is 27.7 Å². The largest absolute Gasteiger partial charge is 2.00 e. The van der Waals surface area contributed by atoms with Crippen molar-refractivity contribution in [2.24, 2.45) is 0 Å². The second-order valence-electron chi connectivity index (χ2n) is 0.894. The Bertz CT molecular complexity index is 150. The molecule has 0 aromatic carbocycles. The van der Waals surface area contributed by atoms with Gasteiger partial charge in [-0.15, -0.1) is 0 Å². The van der Waals surface area contributed by atoms with Crippen LogP contribution in [0.2, 0.25) is 0 Å². The van der Waals surface area contributed by atoms with E-state index in [9.17, 15) is 0 Å². The zero-order chi connectivity index (χ0) is 10.8. The van der Waals surface area contributed by atoms with Crippen molar-refractivity contribution in [3.8, 4) is 24.3 Å². The van der Waals surface area contributed by atoms with Crippen LogP contribution in [-0.4, -0.2) is 0 Å². The molecule has 0 aromatic heterocycles. The van der Waals surface area contributed by atoms with Crippen molar-refractivity contribution in [3.63, 3.8) is 0 Å². The first-order valence-corrected chi connectivity index (χ1v) is 2.89. The third kappa shape index (κ3) is 416. The Labute approximate surface area is 93.7 Å². The van der Waals surface area contributed by atoms with Crippen LogP contribution in [0.3, 0.4) is 0 Å². The fourth-order valence-electron chi connectivity index (χ4n) is 0. The Balaban J connectivity index is -0.0000000213. The van der Waals surface area contributed by atoms with Crippen molar-refractivity contribution in [1.82, 2.24) is 0 Å². The molecule has 0 aliphatic rings. The minimum Gasteiger partial charge on any atom is -0.199 e. The van der Waals surface area contributed by atoms with Crippen LogP contribution < -0.4 is 0 Å². The van der Waals surface area contributed by atoms with Crippen LogP contribution in [0.4, 0.5) is 0 Å². The Morgan fingerprint density at radius 3 is 0.538 bits per heavy atom. The minimum absolute atomic E-state index is 0. The van der Waals surface area contributed by atoms with Crippen molar-refractivity contribution >= 4 is 0 Å². The molecule has 0 heterocycles. The number of hydrogen-bond acceptors (Lipinski definition) is 4. The summed E-state index contributed by atoms with van der Waals surface area (Å²) in [5.41, 5.74) is 0. The molecule has 0 saturated carbocycles. The molecule has 0 aliphatic heterocycles. The van der Waals surface area contributed by atoms with Gasteiger partial charge < -0.3 is 0 Å². The average Bonchev–Trinajstić information content (AvgIpc) is 1.92. The fraction of sp³-hybridized carbons (Fsp3) is 0.500. The van der Waals surface area contributed by atoms with Crippen LogP contribution in [0.15, 0.2) is 0 Å². The molecule has 0 saturated heterocycles. The molecule has 4 nitrogen and oxygen atoms in total. The third-order valence-electron chi connectivity index (χ3n) is 0. The maximum Gasteiger partial charge on any atom is 2.00 e. The van der Waals surface area contributed by atoms with Crippen LogP contribution >= 0.6 is 0 Å². The Morgan fingerprint density at radius 2 is 0.538 bits per heavy atom. The van der Waals surface area contributed by atoms with Gasteiger partial charge in [0.15, 0.2) is 0 Å². The number of rotatable bonds is 0. The van der Waals surface area contributed by atoms with Gasteiger partial charge in [0.05, 0.1) is 24.3 Å². The minimum atomic E-state index is 0. The first-order valence-electron chi connectivity index (χ1n) is 2.89. The van der Waals surface area contributed by atoms with E-state index in [0.29, 0.717) is 0 Å². The monoisotopic (exact) mass is 270 g/mol. The molecule has 0 spiro atoms. The van der Waals surface area contributed by atoms with Crippen LogP contribution in [0.5, 0.6) is 0 Å².